The van der Waals surface area contributed by atoms with E-state index in [0.29, 0.717) is 29.5 Å². The third kappa shape index (κ3) is 17.2. The second-order valence-electron chi connectivity index (χ2n) is 20.9. The van der Waals surface area contributed by atoms with Crippen LogP contribution in [0.2, 0.25) is 0 Å². The summed E-state index contributed by atoms with van der Waals surface area (Å²) in [6, 6.07) is 8.35. The zero-order chi connectivity index (χ0) is 59.0. The quantitative estimate of drug-likeness (QED) is 0.0761. The van der Waals surface area contributed by atoms with E-state index in [-0.39, 0.29) is 50.0 Å². The van der Waals surface area contributed by atoms with Crippen molar-refractivity contribution in [3.63, 3.8) is 0 Å². The van der Waals surface area contributed by atoms with Gasteiger partial charge in [0.05, 0.1) is 0 Å². The molecule has 2 bridgehead atoms. The second kappa shape index (κ2) is 29.2. The van der Waals surface area contributed by atoms with Crippen LogP contribution in [0.3, 0.4) is 0 Å². The van der Waals surface area contributed by atoms with Crippen molar-refractivity contribution in [3.8, 4) is 11.5 Å². The van der Waals surface area contributed by atoms with Crippen LogP contribution in [0.5, 0.6) is 11.5 Å². The van der Waals surface area contributed by atoms with Crippen molar-refractivity contribution < 1.29 is 73.1 Å². The Morgan fingerprint density at radius 1 is 0.713 bits per heavy atom. The van der Waals surface area contributed by atoms with E-state index in [4.69, 9.17) is 4.74 Å². The number of nitrogens with zero attached hydrogens (tertiary/aromatic N) is 2. The Bertz CT molecular complexity index is 2670. The number of carboxylic acids is 1. The molecule has 2 fully saturated rings. The number of phenols is 2. The van der Waals surface area contributed by atoms with Gasteiger partial charge in [0.25, 0.3) is 0 Å². The number of aromatic hydroxyl groups is 2. The fraction of sp³-hybridized carbons (Fsp3) is 0.509. The Morgan fingerprint density at radius 3 is 1.91 bits per heavy atom. The molecule has 10 N–H and O–H groups in total. The van der Waals surface area contributed by atoms with Crippen LogP contribution in [0.1, 0.15) is 103 Å². The number of carbonyl (C=O) groups is 10. The highest BCUT2D eigenvalue weighted by Gasteiger charge is 2.47. The van der Waals surface area contributed by atoms with Crippen LogP contribution in [-0.2, 0) is 71.9 Å². The van der Waals surface area contributed by atoms with Gasteiger partial charge in [0.1, 0.15) is 72.2 Å². The summed E-state index contributed by atoms with van der Waals surface area (Å²) < 4.78 is 5.94. The van der Waals surface area contributed by atoms with Crippen LogP contribution >= 0.6 is 0 Å². The van der Waals surface area contributed by atoms with Crippen molar-refractivity contribution in [2.45, 2.75) is 166 Å². The van der Waals surface area contributed by atoms with E-state index in [0.717, 1.165) is 9.80 Å². The smallest absolute Gasteiger partial charge is 0.329 e. The van der Waals surface area contributed by atoms with Crippen molar-refractivity contribution in [2.75, 3.05) is 7.05 Å². The normalized spacial score (nSPS) is 23.6. The molecular formula is C57H76N8O15. The summed E-state index contributed by atoms with van der Waals surface area (Å²) in [5.41, 5.74) is 1.58. The highest BCUT2D eigenvalue weighted by Crippen LogP contribution is 2.27. The Morgan fingerprint density at radius 2 is 1.32 bits per heavy atom. The third-order valence-corrected chi connectivity index (χ3v) is 14.4. The van der Waals surface area contributed by atoms with Gasteiger partial charge >= 0.3 is 11.9 Å². The average molecular weight is 1110 g/mol. The summed E-state index contributed by atoms with van der Waals surface area (Å²) >= 11 is 0. The summed E-state index contributed by atoms with van der Waals surface area (Å²) in [6.45, 7) is 9.76. The van der Waals surface area contributed by atoms with Gasteiger partial charge in [-0.3, -0.25) is 38.4 Å². The van der Waals surface area contributed by atoms with Crippen LogP contribution in [0, 0.1) is 11.8 Å². The first kappa shape index (κ1) is 62.8. The van der Waals surface area contributed by atoms with Crippen LogP contribution in [-0.4, -0.2) is 157 Å². The molecule has 11 atom stereocenters. The lowest BCUT2D eigenvalue weighted by Gasteiger charge is -2.44. The summed E-state index contributed by atoms with van der Waals surface area (Å²) in [4.78, 5) is 143. The van der Waals surface area contributed by atoms with Crippen molar-refractivity contribution in [3.05, 3.63) is 95.6 Å². The topological polar surface area (TPSA) is 340 Å². The Hall–Kier alpha value is -8.08. The maximum atomic E-state index is 14.9. The summed E-state index contributed by atoms with van der Waals surface area (Å²) in [5, 5.41) is 57.1. The number of ether oxygens (including phenoxy) is 1. The van der Waals surface area contributed by atoms with E-state index in [1.807, 2.05) is 0 Å². The zero-order valence-corrected chi connectivity index (χ0v) is 46.2. The van der Waals surface area contributed by atoms with Crippen molar-refractivity contribution >= 4 is 59.2 Å². The van der Waals surface area contributed by atoms with Gasteiger partial charge in [-0.2, -0.15) is 0 Å². The zero-order valence-electron chi connectivity index (χ0n) is 46.2. The van der Waals surface area contributed by atoms with Gasteiger partial charge in [0.2, 0.25) is 47.3 Å². The number of phenolic OH excluding ortho intramolecular Hbond substituents is 2. The fourth-order valence-electron chi connectivity index (χ4n) is 9.56. The molecule has 0 spiro atoms. The second-order valence-corrected chi connectivity index (χ2v) is 20.9. The molecule has 2 heterocycles. The molecule has 0 aromatic heterocycles. The van der Waals surface area contributed by atoms with Gasteiger partial charge in [-0.25, -0.2) is 9.59 Å². The van der Waals surface area contributed by atoms with Gasteiger partial charge in [-0.05, 0) is 85.4 Å². The van der Waals surface area contributed by atoms with Gasteiger partial charge in [0, 0.05) is 39.2 Å². The van der Waals surface area contributed by atoms with E-state index >= 15 is 0 Å². The number of aliphatic hydroxyl groups excluding tert-OH is 1. The number of fused-ring (bicyclic) bond motifs is 2. The monoisotopic (exact) mass is 1110 g/mol. The lowest BCUT2D eigenvalue weighted by molar-refractivity contribution is -0.167. The number of carbonyl (C=O) groups excluding carboxylic acids is 9. The lowest BCUT2D eigenvalue weighted by Crippen LogP contribution is -2.66. The molecule has 2 aliphatic heterocycles. The van der Waals surface area contributed by atoms with Gasteiger partial charge in [0.15, 0.2) is 0 Å². The molecule has 0 saturated carbocycles. The predicted octanol–water partition coefficient (Wildman–Crippen LogP) is 1.48. The highest BCUT2D eigenvalue weighted by molar-refractivity contribution is 5.98. The number of amides is 8. The molecule has 3 aromatic carbocycles. The van der Waals surface area contributed by atoms with E-state index < -0.39 is 145 Å². The molecule has 434 valence electrons. The number of aliphatic hydroxyl groups is 1. The van der Waals surface area contributed by atoms with Gasteiger partial charge < -0.3 is 66.9 Å². The van der Waals surface area contributed by atoms with Gasteiger partial charge in [-0.15, -0.1) is 0 Å². The Labute approximate surface area is 464 Å². The van der Waals surface area contributed by atoms with Crippen molar-refractivity contribution in [1.29, 1.82) is 0 Å². The molecule has 3 unspecified atom stereocenters. The van der Waals surface area contributed by atoms with Crippen LogP contribution in [0.4, 0.5) is 0 Å². The van der Waals surface area contributed by atoms with E-state index in [9.17, 15) is 68.4 Å². The van der Waals surface area contributed by atoms with Crippen molar-refractivity contribution in [1.82, 2.24) is 41.7 Å². The third-order valence-electron chi connectivity index (χ3n) is 14.4. The minimum Gasteiger partial charge on any atom is -0.508 e. The largest absolute Gasteiger partial charge is 0.508 e. The fourth-order valence-corrected chi connectivity index (χ4v) is 9.56. The first-order chi connectivity index (χ1) is 37.9. The van der Waals surface area contributed by atoms with E-state index in [1.54, 1.807) is 65.0 Å². The minimum absolute atomic E-state index is 0.0443. The Kier molecular flexibility index (Phi) is 22.9. The molecule has 0 aliphatic carbocycles. The molecule has 80 heavy (non-hydrogen) atoms. The SMILES string of the molecule is CCCC(=O)N[C@H](Cc1ccc(O)cc1)C(=O)N[C@H](CCC(=O)N[C@H]1C(=O)NC(Cc2ccc(O)cc2)C(=O)N[C@@H]2CCC(O)N(C2=O)[C@H](C(C)C)C(=O)N(C)[C@H](Cc2ccccc2)C(=O)N[C@H](C(C)CC)C(=O)O[C@@H]1C)C(=O)O. The summed E-state index contributed by atoms with van der Waals surface area (Å²) in [7, 11) is 1.38. The number of piperidine rings is 1. The van der Waals surface area contributed by atoms with Crippen LogP contribution < -0.4 is 31.9 Å². The molecule has 2 saturated heterocycles. The maximum absolute atomic E-state index is 14.9. The average Bonchev–Trinajstić information content (AvgIpc) is 3.46. The number of cyclic esters (lactones) is 1. The number of carboxylic acid groups (broad SMARTS) is 1. The van der Waals surface area contributed by atoms with Crippen molar-refractivity contribution in [2.24, 2.45) is 11.8 Å². The molecule has 0 radical (unpaired) electrons. The van der Waals surface area contributed by atoms with Crippen LogP contribution in [0.25, 0.3) is 0 Å². The number of hydrogen-bond donors (Lipinski definition) is 10. The first-order valence-corrected chi connectivity index (χ1v) is 27.0. The Balaban J connectivity index is 1.53. The molecule has 3 aromatic rings. The molecular weight excluding hydrogens is 1040 g/mol. The highest BCUT2D eigenvalue weighted by atomic mass is 16.5. The van der Waals surface area contributed by atoms with Gasteiger partial charge in [-0.1, -0.05) is 95.6 Å². The lowest BCUT2D eigenvalue weighted by atomic mass is 9.93. The first-order valence-electron chi connectivity index (χ1n) is 27.0. The number of esters is 1. The van der Waals surface area contributed by atoms with E-state index in [2.05, 4.69) is 31.9 Å². The molecule has 8 amide bonds. The molecule has 23 heteroatoms. The standard InChI is InChI=1S/C57H76N8O15/c1-8-13-44(68)58-41(28-35-16-20-37(66)21-17-35)50(71)60-40(56(77)78)24-26-45(69)62-48-33(6)80-57(79)47(32(5)9-2)63-52(73)43(30-34-14-11-10-12-15-34)64(7)55(76)49(31(3)4)65-46(70)27-25-39(54(65)75)59-51(72)42(61-53(48)74)29-36-18-22-38(67)23-19-36/h10-12,14-23,31-33,39-43,46-49,66-67,70H,8-9,13,24-30H2,1-7H3,(H,58,68)(H,59,72)(H,60,71)(H,61,74)(H,62,69)(H,63,73)(H,77,78)/t32?,33-,39-,40-,41-,42?,43-,46?,47-,48-,49-/m1/s1. The predicted molar refractivity (Wildman–Crippen MR) is 289 cm³/mol. The minimum atomic E-state index is -1.85. The number of rotatable bonds is 19. The summed E-state index contributed by atoms with van der Waals surface area (Å²) in [5.74, 6) is -10.7. The number of aliphatic carboxylic acids is 1. The molecule has 23 nitrogen and oxygen atoms in total. The summed E-state index contributed by atoms with van der Waals surface area (Å²) in [6.07, 6.45) is -4.09. The number of benzene rings is 3. The number of hydrogen-bond acceptors (Lipinski definition) is 14. The van der Waals surface area contributed by atoms with E-state index in [1.165, 1.54) is 62.5 Å². The molecule has 5 rings (SSSR count). The number of likely N-dealkylation sites (N-methyl/N-ethyl adjacent to an activating group) is 1. The maximum Gasteiger partial charge on any atom is 0.329 e. The molecule has 2 aliphatic rings. The number of nitrogens with one attached hydrogen (secondary N) is 6. The van der Waals surface area contributed by atoms with Crippen LogP contribution in [0.15, 0.2) is 78.9 Å².